The van der Waals surface area contributed by atoms with Gasteiger partial charge in [-0.15, -0.1) is 11.8 Å². The van der Waals surface area contributed by atoms with Crippen LogP contribution in [-0.4, -0.2) is 17.1 Å². The number of aromatic nitrogens is 1. The summed E-state index contributed by atoms with van der Waals surface area (Å²) in [5.74, 6) is -0.135. The molecule has 0 bridgehead atoms. The van der Waals surface area contributed by atoms with Crippen LogP contribution in [0.1, 0.15) is 10.4 Å². The normalized spacial score (nSPS) is 10.7. The molecule has 1 amide bonds. The van der Waals surface area contributed by atoms with Crippen molar-refractivity contribution in [1.29, 1.82) is 0 Å². The number of pyridine rings is 1. The highest BCUT2D eigenvalue weighted by Gasteiger charge is 2.14. The molecule has 0 radical (unpaired) electrons. The van der Waals surface area contributed by atoms with Crippen molar-refractivity contribution < 1.29 is 4.79 Å². The number of carbonyl (C=O) groups excluding carboxylic acids is 1. The Morgan fingerprint density at radius 2 is 1.67 bits per heavy atom. The second-order valence-corrected chi connectivity index (χ2v) is 7.00. The molecule has 0 aliphatic heterocycles. The van der Waals surface area contributed by atoms with Crippen LogP contribution < -0.4 is 5.32 Å². The van der Waals surface area contributed by atoms with Gasteiger partial charge in [0.05, 0.1) is 16.8 Å². The SMILES string of the molecule is CSc1cccc(NC(=O)c2cc(-c3ccccc3)nc3ccccc23)c1. The Labute approximate surface area is 162 Å². The van der Waals surface area contributed by atoms with Crippen LogP contribution >= 0.6 is 11.8 Å². The van der Waals surface area contributed by atoms with Crippen LogP contribution in [0.2, 0.25) is 0 Å². The fraction of sp³-hybridized carbons (Fsp3) is 0.0435. The lowest BCUT2D eigenvalue weighted by Crippen LogP contribution is -2.13. The van der Waals surface area contributed by atoms with Crippen molar-refractivity contribution in [3.63, 3.8) is 0 Å². The van der Waals surface area contributed by atoms with Crippen molar-refractivity contribution in [3.05, 3.63) is 90.5 Å². The highest BCUT2D eigenvalue weighted by Crippen LogP contribution is 2.26. The number of fused-ring (bicyclic) bond motifs is 1. The molecule has 0 atom stereocenters. The van der Waals surface area contributed by atoms with Crippen LogP contribution in [0.25, 0.3) is 22.2 Å². The number of hydrogen-bond acceptors (Lipinski definition) is 3. The van der Waals surface area contributed by atoms with Gasteiger partial charge in [-0.1, -0.05) is 54.6 Å². The first kappa shape index (κ1) is 17.3. The molecule has 0 saturated heterocycles. The molecule has 1 N–H and O–H groups in total. The summed E-state index contributed by atoms with van der Waals surface area (Å²) in [5, 5.41) is 3.87. The molecule has 0 spiro atoms. The van der Waals surface area contributed by atoms with Crippen molar-refractivity contribution in [1.82, 2.24) is 4.98 Å². The van der Waals surface area contributed by atoms with E-state index in [4.69, 9.17) is 4.98 Å². The van der Waals surface area contributed by atoms with Gasteiger partial charge in [-0.25, -0.2) is 4.98 Å². The molecule has 0 fully saturated rings. The number of anilines is 1. The molecule has 1 aromatic heterocycles. The summed E-state index contributed by atoms with van der Waals surface area (Å²) in [6.07, 6.45) is 2.02. The second-order valence-electron chi connectivity index (χ2n) is 6.12. The van der Waals surface area contributed by atoms with Gasteiger partial charge in [0.2, 0.25) is 0 Å². The quantitative estimate of drug-likeness (QED) is 0.456. The van der Waals surface area contributed by atoms with Crippen molar-refractivity contribution in [2.24, 2.45) is 0 Å². The monoisotopic (exact) mass is 370 g/mol. The molecule has 27 heavy (non-hydrogen) atoms. The minimum atomic E-state index is -0.135. The maximum Gasteiger partial charge on any atom is 0.256 e. The summed E-state index contributed by atoms with van der Waals surface area (Å²) in [6, 6.07) is 27.4. The summed E-state index contributed by atoms with van der Waals surface area (Å²) in [5.41, 5.74) is 3.99. The van der Waals surface area contributed by atoms with E-state index in [1.54, 1.807) is 11.8 Å². The van der Waals surface area contributed by atoms with Crippen molar-refractivity contribution in [2.75, 3.05) is 11.6 Å². The molecule has 3 nitrogen and oxygen atoms in total. The van der Waals surface area contributed by atoms with Crippen LogP contribution in [0.15, 0.2) is 89.8 Å². The van der Waals surface area contributed by atoms with E-state index in [9.17, 15) is 4.79 Å². The topological polar surface area (TPSA) is 42.0 Å². The Morgan fingerprint density at radius 3 is 2.48 bits per heavy atom. The zero-order chi connectivity index (χ0) is 18.6. The molecule has 132 valence electrons. The highest BCUT2D eigenvalue weighted by molar-refractivity contribution is 7.98. The zero-order valence-electron chi connectivity index (χ0n) is 14.8. The lowest BCUT2D eigenvalue weighted by Gasteiger charge is -2.11. The molecule has 1 heterocycles. The first-order chi connectivity index (χ1) is 13.2. The smallest absolute Gasteiger partial charge is 0.256 e. The minimum Gasteiger partial charge on any atom is -0.322 e. The first-order valence-corrected chi connectivity index (χ1v) is 9.88. The predicted octanol–water partition coefficient (Wildman–Crippen LogP) is 5.88. The summed E-state index contributed by atoms with van der Waals surface area (Å²) in [7, 11) is 0. The number of carbonyl (C=O) groups is 1. The maximum absolute atomic E-state index is 13.1. The number of thioether (sulfide) groups is 1. The van der Waals surface area contributed by atoms with Gasteiger partial charge in [0.25, 0.3) is 5.91 Å². The predicted molar refractivity (Wildman–Crippen MR) is 113 cm³/mol. The minimum absolute atomic E-state index is 0.135. The van der Waals surface area contributed by atoms with Gasteiger partial charge >= 0.3 is 0 Å². The zero-order valence-corrected chi connectivity index (χ0v) is 15.7. The Balaban J connectivity index is 1.78. The number of para-hydroxylation sites is 1. The standard InChI is InChI=1S/C23H18N2OS/c1-27-18-11-7-10-17(14-18)24-23(26)20-15-22(16-8-3-2-4-9-16)25-21-13-6-5-12-19(20)21/h2-15H,1H3,(H,24,26). The largest absolute Gasteiger partial charge is 0.322 e. The van der Waals surface area contributed by atoms with Gasteiger partial charge in [0, 0.05) is 21.5 Å². The molecule has 4 heteroatoms. The van der Waals surface area contributed by atoms with E-state index in [2.05, 4.69) is 5.32 Å². The molecule has 4 aromatic rings. The number of amides is 1. The van der Waals surface area contributed by atoms with Crippen molar-refractivity contribution in [3.8, 4) is 11.3 Å². The molecule has 3 aromatic carbocycles. The maximum atomic E-state index is 13.1. The van der Waals surface area contributed by atoms with E-state index in [0.717, 1.165) is 32.7 Å². The summed E-state index contributed by atoms with van der Waals surface area (Å²) in [6.45, 7) is 0. The van der Waals surface area contributed by atoms with E-state index in [1.807, 2.05) is 91.2 Å². The molecule has 0 saturated carbocycles. The van der Waals surface area contributed by atoms with Crippen molar-refractivity contribution >= 4 is 34.3 Å². The van der Waals surface area contributed by atoms with Crippen LogP contribution in [0.3, 0.4) is 0 Å². The Hall–Kier alpha value is -3.11. The Kier molecular flexibility index (Phi) is 4.90. The van der Waals surface area contributed by atoms with Gasteiger partial charge in [0.1, 0.15) is 0 Å². The van der Waals surface area contributed by atoms with E-state index in [-0.39, 0.29) is 5.91 Å². The molecular weight excluding hydrogens is 352 g/mol. The third-order valence-corrected chi connectivity index (χ3v) is 5.08. The lowest BCUT2D eigenvalue weighted by molar-refractivity contribution is 0.102. The molecule has 0 aliphatic rings. The Bertz CT molecular complexity index is 1110. The number of nitrogens with zero attached hydrogens (tertiary/aromatic N) is 1. The van der Waals surface area contributed by atoms with Crippen LogP contribution in [0.5, 0.6) is 0 Å². The van der Waals surface area contributed by atoms with Gasteiger partial charge in [-0.05, 0) is 36.6 Å². The van der Waals surface area contributed by atoms with Gasteiger partial charge in [-0.2, -0.15) is 0 Å². The molecule has 0 aliphatic carbocycles. The third kappa shape index (κ3) is 3.71. The highest BCUT2D eigenvalue weighted by atomic mass is 32.2. The van der Waals surface area contributed by atoms with Crippen LogP contribution in [0, 0.1) is 0 Å². The lowest BCUT2D eigenvalue weighted by atomic mass is 10.0. The summed E-state index contributed by atoms with van der Waals surface area (Å²) in [4.78, 5) is 18.9. The van der Waals surface area contributed by atoms with Crippen LogP contribution in [0.4, 0.5) is 5.69 Å². The average Bonchev–Trinajstić information content (AvgIpc) is 2.73. The third-order valence-electron chi connectivity index (χ3n) is 4.36. The number of benzene rings is 3. The summed E-state index contributed by atoms with van der Waals surface area (Å²) >= 11 is 1.65. The van der Waals surface area contributed by atoms with E-state index in [0.29, 0.717) is 5.56 Å². The molecular formula is C23H18N2OS. The number of hydrogen-bond donors (Lipinski definition) is 1. The Morgan fingerprint density at radius 1 is 0.889 bits per heavy atom. The van der Waals surface area contributed by atoms with Crippen molar-refractivity contribution in [2.45, 2.75) is 4.90 Å². The van der Waals surface area contributed by atoms with Crippen LogP contribution in [-0.2, 0) is 0 Å². The first-order valence-electron chi connectivity index (χ1n) is 8.65. The number of rotatable bonds is 4. The fourth-order valence-electron chi connectivity index (χ4n) is 3.02. The van der Waals surface area contributed by atoms with E-state index < -0.39 is 0 Å². The average molecular weight is 370 g/mol. The van der Waals surface area contributed by atoms with Gasteiger partial charge in [-0.3, -0.25) is 4.79 Å². The molecule has 4 rings (SSSR count). The van der Waals surface area contributed by atoms with Gasteiger partial charge in [0.15, 0.2) is 0 Å². The van der Waals surface area contributed by atoms with E-state index in [1.165, 1.54) is 0 Å². The summed E-state index contributed by atoms with van der Waals surface area (Å²) < 4.78 is 0. The second kappa shape index (κ2) is 7.64. The number of nitrogens with one attached hydrogen (secondary N) is 1. The van der Waals surface area contributed by atoms with E-state index >= 15 is 0 Å². The van der Waals surface area contributed by atoms with Gasteiger partial charge < -0.3 is 5.32 Å². The fourth-order valence-corrected chi connectivity index (χ4v) is 3.48. The molecule has 0 unspecified atom stereocenters.